The molecule has 0 saturated carbocycles. The van der Waals surface area contributed by atoms with E-state index < -0.39 is 0 Å². The fourth-order valence-corrected chi connectivity index (χ4v) is 2.41. The first-order valence-corrected chi connectivity index (χ1v) is 6.80. The lowest BCUT2D eigenvalue weighted by atomic mass is 9.54. The number of pyridine rings is 1. The Morgan fingerprint density at radius 2 is 2.15 bits per heavy atom. The van der Waals surface area contributed by atoms with E-state index in [2.05, 4.69) is 20.8 Å². The predicted molar refractivity (Wildman–Crippen MR) is 80.1 cm³/mol. The van der Waals surface area contributed by atoms with Crippen LogP contribution in [0, 0.1) is 11.2 Å². The maximum atomic E-state index is 8.89. The van der Waals surface area contributed by atoms with E-state index in [0.29, 0.717) is 29.6 Å². The molecule has 3 rings (SSSR count). The van der Waals surface area contributed by atoms with E-state index >= 15 is 0 Å². The molecule has 2 aliphatic rings. The van der Waals surface area contributed by atoms with E-state index in [-0.39, 0.29) is 6.71 Å². The van der Waals surface area contributed by atoms with Gasteiger partial charge in [0.2, 0.25) is 0 Å². The summed E-state index contributed by atoms with van der Waals surface area (Å²) in [5.41, 5.74) is 1.40. The lowest BCUT2D eigenvalue weighted by Gasteiger charge is -2.28. The molecule has 20 heavy (non-hydrogen) atoms. The van der Waals surface area contributed by atoms with Crippen LogP contribution in [0.3, 0.4) is 0 Å². The van der Waals surface area contributed by atoms with Gasteiger partial charge in [-0.3, -0.25) is 4.99 Å². The molecular weight excluding hydrogens is 274 g/mol. The Bertz CT molecular complexity index is 619. The van der Waals surface area contributed by atoms with Crippen molar-refractivity contribution in [3.8, 4) is 5.97 Å². The Balaban J connectivity index is 1.91. The number of nitriles is 1. The highest BCUT2D eigenvalue weighted by Gasteiger charge is 2.19. The summed E-state index contributed by atoms with van der Waals surface area (Å²) in [6.45, 7) is 2.71. The van der Waals surface area contributed by atoms with Crippen molar-refractivity contribution < 1.29 is 4.74 Å². The summed E-state index contributed by atoms with van der Waals surface area (Å²) in [6, 6.07) is 3.62. The average molecular weight is 287 g/mol. The third-order valence-electron chi connectivity index (χ3n) is 3.23. The second-order valence-corrected chi connectivity index (χ2v) is 5.05. The maximum absolute atomic E-state index is 8.89. The van der Waals surface area contributed by atoms with Crippen molar-refractivity contribution >= 4 is 35.9 Å². The van der Waals surface area contributed by atoms with E-state index in [4.69, 9.17) is 21.6 Å². The zero-order chi connectivity index (χ0) is 13.9. The number of halogens is 1. The SMILES string of the molecule is N#CB1C=NC(c2cc(Cl)cc(N3CCOCC3)n2)=C1. The van der Waals surface area contributed by atoms with Crippen molar-refractivity contribution in [1.82, 2.24) is 4.98 Å². The molecule has 1 aromatic heterocycles. The molecule has 5 nitrogen and oxygen atoms in total. The van der Waals surface area contributed by atoms with Gasteiger partial charge in [-0.2, -0.15) is 0 Å². The van der Waals surface area contributed by atoms with Gasteiger partial charge in [0.05, 0.1) is 24.6 Å². The Morgan fingerprint density at radius 3 is 2.85 bits per heavy atom. The second kappa shape index (κ2) is 5.65. The highest BCUT2D eigenvalue weighted by Crippen LogP contribution is 2.25. The van der Waals surface area contributed by atoms with Crippen molar-refractivity contribution in [2.75, 3.05) is 31.2 Å². The van der Waals surface area contributed by atoms with Gasteiger partial charge >= 0.3 is 6.71 Å². The molecule has 0 N–H and O–H groups in total. The quantitative estimate of drug-likeness (QED) is 0.775. The van der Waals surface area contributed by atoms with Crippen LogP contribution < -0.4 is 4.90 Å². The van der Waals surface area contributed by atoms with E-state index in [1.54, 1.807) is 18.2 Å². The van der Waals surface area contributed by atoms with Crippen LogP contribution in [-0.2, 0) is 4.74 Å². The number of aromatic nitrogens is 1. The number of ether oxygens (including phenoxy) is 1. The first-order chi connectivity index (χ1) is 9.76. The molecule has 3 heterocycles. The summed E-state index contributed by atoms with van der Waals surface area (Å²) in [4.78, 5) is 11.0. The second-order valence-electron chi connectivity index (χ2n) is 4.61. The minimum Gasteiger partial charge on any atom is -0.378 e. The summed E-state index contributed by atoms with van der Waals surface area (Å²) in [7, 11) is 0. The van der Waals surface area contributed by atoms with Crippen molar-refractivity contribution in [2.24, 2.45) is 4.99 Å². The number of hydrogen-bond donors (Lipinski definition) is 0. The maximum Gasteiger partial charge on any atom is 0.338 e. The summed E-state index contributed by atoms with van der Waals surface area (Å²) in [5, 5.41) is 9.51. The molecule has 100 valence electrons. The molecule has 0 radical (unpaired) electrons. The van der Waals surface area contributed by atoms with Crippen LogP contribution in [0.1, 0.15) is 5.69 Å². The number of hydrogen-bond acceptors (Lipinski definition) is 5. The van der Waals surface area contributed by atoms with Gasteiger partial charge in [-0.05, 0) is 18.2 Å². The monoisotopic (exact) mass is 286 g/mol. The van der Waals surface area contributed by atoms with Gasteiger partial charge in [-0.1, -0.05) is 17.6 Å². The number of aliphatic imine (C=N–C) groups is 1. The molecule has 1 saturated heterocycles. The van der Waals surface area contributed by atoms with E-state index in [0.717, 1.165) is 18.9 Å². The smallest absolute Gasteiger partial charge is 0.338 e. The van der Waals surface area contributed by atoms with E-state index in [9.17, 15) is 0 Å². The van der Waals surface area contributed by atoms with Gasteiger partial charge in [0.1, 0.15) is 5.82 Å². The van der Waals surface area contributed by atoms with E-state index in [1.165, 1.54) is 0 Å². The Labute approximate surface area is 122 Å². The van der Waals surface area contributed by atoms with Crippen molar-refractivity contribution in [1.29, 1.82) is 5.26 Å². The van der Waals surface area contributed by atoms with Crippen LogP contribution in [0.15, 0.2) is 23.1 Å². The molecule has 0 amide bonds. The minimum atomic E-state index is -0.280. The fraction of sp³-hybridized carbons (Fsp3) is 0.308. The number of anilines is 1. The summed E-state index contributed by atoms with van der Waals surface area (Å²) in [5.74, 6) is 4.76. The Morgan fingerprint density at radius 1 is 1.35 bits per heavy atom. The zero-order valence-electron chi connectivity index (χ0n) is 10.8. The highest BCUT2D eigenvalue weighted by molar-refractivity contribution is 6.96. The first kappa shape index (κ1) is 13.2. The molecule has 1 fully saturated rings. The molecular formula is C13H12BClN4O. The largest absolute Gasteiger partial charge is 0.378 e. The molecule has 7 heteroatoms. The molecule has 0 bridgehead atoms. The van der Waals surface area contributed by atoms with Crippen LogP contribution in [0.4, 0.5) is 5.82 Å². The van der Waals surface area contributed by atoms with Crippen LogP contribution in [0.2, 0.25) is 5.02 Å². The van der Waals surface area contributed by atoms with Crippen molar-refractivity contribution in [3.05, 3.63) is 28.8 Å². The number of morpholine rings is 1. The Kier molecular flexibility index (Phi) is 3.72. The standard InChI is InChI=1S/C13H12BClN4O/c15-10-5-11(12-7-14(8-16)9-17-12)18-13(6-10)19-1-3-20-4-2-19/h5-7,9H,1-4H2. The van der Waals surface area contributed by atoms with Gasteiger partial charge in [0.15, 0.2) is 0 Å². The zero-order valence-corrected chi connectivity index (χ0v) is 11.5. The minimum absolute atomic E-state index is 0.280. The van der Waals surface area contributed by atoms with Crippen LogP contribution in [-0.4, -0.2) is 44.1 Å². The third kappa shape index (κ3) is 2.69. The van der Waals surface area contributed by atoms with E-state index in [1.807, 2.05) is 6.07 Å². The summed E-state index contributed by atoms with van der Waals surface area (Å²) < 4.78 is 5.34. The normalized spacial score (nSPS) is 18.1. The van der Waals surface area contributed by atoms with Gasteiger partial charge in [-0.25, -0.2) is 10.2 Å². The van der Waals surface area contributed by atoms with Crippen molar-refractivity contribution in [3.63, 3.8) is 0 Å². The number of rotatable bonds is 2. The van der Waals surface area contributed by atoms with Crippen LogP contribution in [0.5, 0.6) is 0 Å². The van der Waals surface area contributed by atoms with Gasteiger partial charge in [0, 0.05) is 24.1 Å². The molecule has 2 aliphatic heterocycles. The predicted octanol–water partition coefficient (Wildman–Crippen LogP) is 1.63. The topological polar surface area (TPSA) is 61.5 Å². The lowest BCUT2D eigenvalue weighted by molar-refractivity contribution is 0.122. The summed E-state index contributed by atoms with van der Waals surface area (Å²) in [6.07, 6.45) is 1.62. The van der Waals surface area contributed by atoms with Gasteiger partial charge in [-0.15, -0.1) is 0 Å². The van der Waals surface area contributed by atoms with Crippen molar-refractivity contribution in [2.45, 2.75) is 0 Å². The molecule has 0 unspecified atom stereocenters. The highest BCUT2D eigenvalue weighted by atomic mass is 35.5. The first-order valence-electron chi connectivity index (χ1n) is 6.42. The van der Waals surface area contributed by atoms with Gasteiger partial charge in [0.25, 0.3) is 0 Å². The van der Waals surface area contributed by atoms with Crippen LogP contribution in [0.25, 0.3) is 5.70 Å². The molecule has 1 aromatic rings. The lowest BCUT2D eigenvalue weighted by Crippen LogP contribution is -2.36. The average Bonchev–Trinajstić information content (AvgIpc) is 2.96. The molecule has 0 atom stereocenters. The molecule has 0 aliphatic carbocycles. The summed E-state index contributed by atoms with van der Waals surface area (Å²) >= 11 is 6.18. The number of nitrogens with zero attached hydrogens (tertiary/aromatic N) is 4. The third-order valence-corrected chi connectivity index (χ3v) is 3.45. The van der Waals surface area contributed by atoms with Gasteiger partial charge < -0.3 is 9.64 Å². The fourth-order valence-electron chi connectivity index (χ4n) is 2.21. The molecule has 0 spiro atoms. The molecule has 0 aromatic carbocycles. The van der Waals surface area contributed by atoms with Crippen LogP contribution >= 0.6 is 11.6 Å². The Hall–Kier alpha value is -1.84.